The molecule has 12 heavy (non-hydrogen) atoms. The monoisotopic (exact) mass is 170 g/mol. The molecular weight excluding hydrogens is 152 g/mol. The smallest absolute Gasteiger partial charge is 0.0919 e. The van der Waals surface area contributed by atoms with Gasteiger partial charge in [-0.3, -0.25) is 0 Å². The Morgan fingerprint density at radius 3 is 2.33 bits per heavy atom. The maximum atomic E-state index is 9.77. The minimum absolute atomic E-state index is 0.0216. The Morgan fingerprint density at radius 1 is 1.33 bits per heavy atom. The number of ether oxygens (including phenoxy) is 1. The SMILES string of the molecule is CC1(C)O[C@]2(C)CCC1CC2O. The molecule has 0 aromatic heterocycles. The fraction of sp³-hybridized carbons (Fsp3) is 1.00. The topological polar surface area (TPSA) is 29.5 Å². The average Bonchev–Trinajstić information content (AvgIpc) is 1.91. The minimum atomic E-state index is -0.266. The molecule has 2 bridgehead atoms. The van der Waals surface area contributed by atoms with Crippen molar-refractivity contribution < 1.29 is 9.84 Å². The number of fused-ring (bicyclic) bond motifs is 3. The van der Waals surface area contributed by atoms with E-state index < -0.39 is 0 Å². The van der Waals surface area contributed by atoms with E-state index in [1.165, 1.54) is 6.42 Å². The molecular formula is C10H18O2. The second-order valence-electron chi connectivity index (χ2n) is 5.01. The van der Waals surface area contributed by atoms with Gasteiger partial charge < -0.3 is 9.84 Å². The third-order valence-electron chi connectivity index (χ3n) is 3.68. The molecule has 0 aromatic rings. The molecule has 1 aliphatic carbocycles. The number of aliphatic hydroxyl groups is 1. The molecule has 2 saturated heterocycles. The van der Waals surface area contributed by atoms with Gasteiger partial charge in [-0.05, 0) is 46.0 Å². The highest BCUT2D eigenvalue weighted by atomic mass is 16.5. The number of aliphatic hydroxyl groups excluding tert-OH is 1. The van der Waals surface area contributed by atoms with Crippen LogP contribution in [0.5, 0.6) is 0 Å². The Hall–Kier alpha value is -0.0800. The third-order valence-corrected chi connectivity index (χ3v) is 3.68. The summed E-state index contributed by atoms with van der Waals surface area (Å²) in [6.07, 6.45) is 2.90. The van der Waals surface area contributed by atoms with Crippen LogP contribution in [-0.4, -0.2) is 22.4 Å². The Morgan fingerprint density at radius 2 is 2.00 bits per heavy atom. The van der Waals surface area contributed by atoms with Crippen LogP contribution in [0.15, 0.2) is 0 Å². The predicted octanol–water partition coefficient (Wildman–Crippen LogP) is 1.71. The summed E-state index contributed by atoms with van der Waals surface area (Å²) >= 11 is 0. The average molecular weight is 170 g/mol. The van der Waals surface area contributed by atoms with Crippen molar-refractivity contribution in [1.82, 2.24) is 0 Å². The van der Waals surface area contributed by atoms with Gasteiger partial charge >= 0.3 is 0 Å². The zero-order chi connectivity index (χ0) is 8.98. The van der Waals surface area contributed by atoms with Crippen LogP contribution in [0.4, 0.5) is 0 Å². The molecule has 2 heterocycles. The fourth-order valence-corrected chi connectivity index (χ4v) is 2.70. The molecule has 2 nitrogen and oxygen atoms in total. The zero-order valence-corrected chi connectivity index (χ0v) is 8.13. The summed E-state index contributed by atoms with van der Waals surface area (Å²) in [5, 5.41) is 9.77. The van der Waals surface area contributed by atoms with Crippen LogP contribution in [0.25, 0.3) is 0 Å². The van der Waals surface area contributed by atoms with Crippen LogP contribution in [0.3, 0.4) is 0 Å². The molecule has 70 valence electrons. The lowest BCUT2D eigenvalue weighted by Gasteiger charge is -2.56. The number of rotatable bonds is 0. The van der Waals surface area contributed by atoms with Gasteiger partial charge in [-0.25, -0.2) is 0 Å². The van der Waals surface area contributed by atoms with E-state index in [4.69, 9.17) is 4.74 Å². The van der Waals surface area contributed by atoms with Crippen molar-refractivity contribution in [3.8, 4) is 0 Å². The Bertz CT molecular complexity index is 200. The number of hydrogen-bond acceptors (Lipinski definition) is 2. The van der Waals surface area contributed by atoms with Crippen LogP contribution in [0.2, 0.25) is 0 Å². The summed E-state index contributed by atoms with van der Waals surface area (Å²) in [5.41, 5.74) is -0.287. The molecule has 3 fully saturated rings. The van der Waals surface area contributed by atoms with E-state index in [0.717, 1.165) is 12.8 Å². The Labute approximate surface area is 73.9 Å². The van der Waals surface area contributed by atoms with Crippen molar-refractivity contribution in [2.75, 3.05) is 0 Å². The molecule has 0 radical (unpaired) electrons. The van der Waals surface area contributed by atoms with Gasteiger partial charge in [0.15, 0.2) is 0 Å². The molecule has 2 aliphatic heterocycles. The summed E-state index contributed by atoms with van der Waals surface area (Å²) in [6, 6.07) is 0. The van der Waals surface area contributed by atoms with Gasteiger partial charge in [-0.2, -0.15) is 0 Å². The molecule has 0 aromatic carbocycles. The largest absolute Gasteiger partial charge is 0.390 e. The zero-order valence-electron chi connectivity index (χ0n) is 8.13. The highest BCUT2D eigenvalue weighted by molar-refractivity contribution is 5.02. The standard InChI is InChI=1S/C10H18O2/c1-9(2)7-4-5-10(3,12-9)8(11)6-7/h7-8,11H,4-6H2,1-3H3/t7?,8?,10-/m1/s1. The molecule has 2 unspecified atom stereocenters. The van der Waals surface area contributed by atoms with Crippen LogP contribution in [-0.2, 0) is 4.74 Å². The van der Waals surface area contributed by atoms with Gasteiger partial charge in [0, 0.05) is 0 Å². The molecule has 3 atom stereocenters. The first-order valence-electron chi connectivity index (χ1n) is 4.82. The van der Waals surface area contributed by atoms with Gasteiger partial charge in [0.1, 0.15) is 0 Å². The highest BCUT2D eigenvalue weighted by Gasteiger charge is 2.53. The van der Waals surface area contributed by atoms with E-state index in [-0.39, 0.29) is 17.3 Å². The van der Waals surface area contributed by atoms with E-state index in [2.05, 4.69) is 13.8 Å². The van der Waals surface area contributed by atoms with Gasteiger partial charge in [0.05, 0.1) is 17.3 Å². The summed E-state index contributed by atoms with van der Waals surface area (Å²) in [6.45, 7) is 6.32. The van der Waals surface area contributed by atoms with E-state index in [1.54, 1.807) is 0 Å². The second kappa shape index (κ2) is 2.24. The van der Waals surface area contributed by atoms with Crippen molar-refractivity contribution >= 4 is 0 Å². The number of hydrogen-bond donors (Lipinski definition) is 1. The van der Waals surface area contributed by atoms with E-state index >= 15 is 0 Å². The van der Waals surface area contributed by atoms with Crippen LogP contribution in [0, 0.1) is 5.92 Å². The molecule has 0 spiro atoms. The molecule has 1 saturated carbocycles. The van der Waals surface area contributed by atoms with E-state index in [0.29, 0.717) is 5.92 Å². The minimum Gasteiger partial charge on any atom is -0.390 e. The summed E-state index contributed by atoms with van der Waals surface area (Å²) < 4.78 is 5.92. The first-order valence-corrected chi connectivity index (χ1v) is 4.82. The van der Waals surface area contributed by atoms with Gasteiger partial charge in [-0.1, -0.05) is 0 Å². The highest BCUT2D eigenvalue weighted by Crippen LogP contribution is 2.49. The maximum absolute atomic E-state index is 9.77. The first-order chi connectivity index (χ1) is 5.44. The normalized spacial score (nSPS) is 51.0. The van der Waals surface area contributed by atoms with Gasteiger partial charge in [0.25, 0.3) is 0 Å². The lowest BCUT2D eigenvalue weighted by Crippen LogP contribution is -2.61. The van der Waals surface area contributed by atoms with Crippen LogP contribution < -0.4 is 0 Å². The molecule has 0 amide bonds. The van der Waals surface area contributed by atoms with Gasteiger partial charge in [0.2, 0.25) is 0 Å². The Kier molecular flexibility index (Phi) is 1.59. The van der Waals surface area contributed by atoms with E-state index in [1.807, 2.05) is 6.92 Å². The molecule has 3 rings (SSSR count). The molecule has 3 aliphatic rings. The summed E-state index contributed by atoms with van der Waals surface area (Å²) in [5.74, 6) is 0.550. The van der Waals surface area contributed by atoms with Crippen molar-refractivity contribution in [1.29, 1.82) is 0 Å². The predicted molar refractivity (Wildman–Crippen MR) is 46.9 cm³/mol. The van der Waals surface area contributed by atoms with Crippen molar-refractivity contribution in [3.63, 3.8) is 0 Å². The van der Waals surface area contributed by atoms with Crippen molar-refractivity contribution in [2.45, 2.75) is 57.3 Å². The lowest BCUT2D eigenvalue weighted by atomic mass is 9.67. The summed E-state index contributed by atoms with van der Waals surface area (Å²) in [7, 11) is 0. The maximum Gasteiger partial charge on any atom is 0.0919 e. The van der Waals surface area contributed by atoms with Crippen molar-refractivity contribution in [3.05, 3.63) is 0 Å². The second-order valence-corrected chi connectivity index (χ2v) is 5.01. The first kappa shape index (κ1) is 8.52. The Balaban J connectivity index is 2.26. The fourth-order valence-electron chi connectivity index (χ4n) is 2.70. The van der Waals surface area contributed by atoms with Crippen LogP contribution in [0.1, 0.15) is 40.0 Å². The van der Waals surface area contributed by atoms with Crippen LogP contribution >= 0.6 is 0 Å². The van der Waals surface area contributed by atoms with Crippen molar-refractivity contribution in [2.24, 2.45) is 5.92 Å². The lowest BCUT2D eigenvalue weighted by molar-refractivity contribution is -0.273. The van der Waals surface area contributed by atoms with E-state index in [9.17, 15) is 5.11 Å². The molecule has 1 N–H and O–H groups in total. The summed E-state index contributed by atoms with van der Waals surface area (Å²) in [4.78, 5) is 0. The molecule has 2 heteroatoms. The third kappa shape index (κ3) is 1.01. The van der Waals surface area contributed by atoms with Gasteiger partial charge in [-0.15, -0.1) is 0 Å². The quantitative estimate of drug-likeness (QED) is 0.599.